The summed E-state index contributed by atoms with van der Waals surface area (Å²) >= 11 is 0. The van der Waals surface area contributed by atoms with Gasteiger partial charge in [0.2, 0.25) is 0 Å². The molecular weight excluding hydrogens is 318 g/mol. The first kappa shape index (κ1) is 20.5. The van der Waals surface area contributed by atoms with Crippen LogP contribution in [0.1, 0.15) is 57.5 Å². The van der Waals surface area contributed by atoms with Gasteiger partial charge >= 0.3 is 6.09 Å². The van der Waals surface area contributed by atoms with Gasteiger partial charge in [0.05, 0.1) is 17.2 Å². The van der Waals surface area contributed by atoms with Crippen molar-refractivity contribution in [1.29, 1.82) is 5.26 Å². The highest BCUT2D eigenvalue weighted by molar-refractivity contribution is 5.94. The molecule has 0 saturated carbocycles. The van der Waals surface area contributed by atoms with Gasteiger partial charge in [0.1, 0.15) is 5.60 Å². The van der Waals surface area contributed by atoms with E-state index in [9.17, 15) is 9.59 Å². The molecule has 0 fully saturated rings. The van der Waals surface area contributed by atoms with Gasteiger partial charge in [-0.25, -0.2) is 4.79 Å². The Morgan fingerprint density at radius 3 is 2.16 bits per heavy atom. The second-order valence-electron chi connectivity index (χ2n) is 7.57. The van der Waals surface area contributed by atoms with Crippen molar-refractivity contribution in [2.75, 3.05) is 6.54 Å². The molecule has 1 aromatic rings. The minimum absolute atomic E-state index is 0.0739. The number of carbonyl (C=O) groups excluding carboxylic acids is 2. The van der Waals surface area contributed by atoms with Crippen molar-refractivity contribution < 1.29 is 14.3 Å². The highest BCUT2D eigenvalue weighted by Crippen LogP contribution is 2.17. The highest BCUT2D eigenvalue weighted by atomic mass is 16.6. The standard InChI is InChI=1S/C19H27N3O3/c1-13(2)19(6,12-21-17(24)25-18(3,4)5)22-16(23)15-9-7-14(11-20)8-10-15/h7-10,13H,12H2,1-6H3,(H,21,24)(H,22,23). The quantitative estimate of drug-likeness (QED) is 0.857. The molecule has 0 aliphatic heterocycles. The van der Waals surface area contributed by atoms with Crippen molar-refractivity contribution in [3.05, 3.63) is 35.4 Å². The van der Waals surface area contributed by atoms with Crippen molar-refractivity contribution in [3.8, 4) is 6.07 Å². The van der Waals surface area contributed by atoms with E-state index in [1.165, 1.54) is 0 Å². The monoisotopic (exact) mass is 345 g/mol. The molecule has 0 aliphatic carbocycles. The van der Waals surface area contributed by atoms with E-state index in [0.717, 1.165) is 0 Å². The predicted octanol–water partition coefficient (Wildman–Crippen LogP) is 3.23. The molecule has 0 heterocycles. The number of nitrogens with zero attached hydrogens (tertiary/aromatic N) is 1. The average molecular weight is 345 g/mol. The lowest BCUT2D eigenvalue weighted by atomic mass is 9.88. The van der Waals surface area contributed by atoms with Gasteiger partial charge in [-0.3, -0.25) is 4.79 Å². The van der Waals surface area contributed by atoms with Crippen LogP contribution in [0.15, 0.2) is 24.3 Å². The third kappa shape index (κ3) is 6.46. The molecule has 0 aromatic heterocycles. The molecule has 1 unspecified atom stereocenters. The Morgan fingerprint density at radius 2 is 1.72 bits per heavy atom. The van der Waals surface area contributed by atoms with Crippen LogP contribution in [0.25, 0.3) is 0 Å². The highest BCUT2D eigenvalue weighted by Gasteiger charge is 2.31. The average Bonchev–Trinajstić information content (AvgIpc) is 2.51. The van der Waals surface area contributed by atoms with Crippen LogP contribution in [0.4, 0.5) is 4.79 Å². The third-order valence-corrected chi connectivity index (χ3v) is 3.95. The Bertz CT molecular complexity index is 654. The smallest absolute Gasteiger partial charge is 0.407 e. The van der Waals surface area contributed by atoms with Gasteiger partial charge in [-0.15, -0.1) is 0 Å². The maximum atomic E-state index is 12.5. The number of alkyl carbamates (subject to hydrolysis) is 1. The molecule has 1 rings (SSSR count). The lowest BCUT2D eigenvalue weighted by Crippen LogP contribution is -2.57. The van der Waals surface area contributed by atoms with Crippen LogP contribution in [-0.2, 0) is 4.74 Å². The van der Waals surface area contributed by atoms with Gasteiger partial charge in [0.15, 0.2) is 0 Å². The van der Waals surface area contributed by atoms with Gasteiger partial charge in [-0.2, -0.15) is 5.26 Å². The third-order valence-electron chi connectivity index (χ3n) is 3.95. The molecule has 0 spiro atoms. The van der Waals surface area contributed by atoms with Crippen molar-refractivity contribution in [2.45, 2.75) is 52.7 Å². The van der Waals surface area contributed by atoms with E-state index in [0.29, 0.717) is 11.1 Å². The first-order valence-electron chi connectivity index (χ1n) is 8.26. The van der Waals surface area contributed by atoms with Gasteiger partial charge in [-0.1, -0.05) is 13.8 Å². The Balaban J connectivity index is 2.78. The van der Waals surface area contributed by atoms with E-state index in [-0.39, 0.29) is 18.4 Å². The lowest BCUT2D eigenvalue weighted by molar-refractivity contribution is 0.0497. The van der Waals surface area contributed by atoms with E-state index in [1.807, 2.05) is 26.8 Å². The zero-order valence-electron chi connectivity index (χ0n) is 15.8. The fourth-order valence-corrected chi connectivity index (χ4v) is 1.99. The molecule has 2 amide bonds. The number of hydrogen-bond donors (Lipinski definition) is 2. The summed E-state index contributed by atoms with van der Waals surface area (Å²) in [5, 5.41) is 14.5. The van der Waals surface area contributed by atoms with Gasteiger partial charge < -0.3 is 15.4 Å². The van der Waals surface area contributed by atoms with Crippen LogP contribution in [0.2, 0.25) is 0 Å². The first-order chi connectivity index (χ1) is 11.5. The van der Waals surface area contributed by atoms with Crippen LogP contribution in [0.5, 0.6) is 0 Å². The minimum atomic E-state index is -0.651. The van der Waals surface area contributed by atoms with Gasteiger partial charge in [0.25, 0.3) is 5.91 Å². The molecule has 0 radical (unpaired) electrons. The van der Waals surface area contributed by atoms with Crippen LogP contribution >= 0.6 is 0 Å². The predicted molar refractivity (Wildman–Crippen MR) is 96.1 cm³/mol. The molecule has 136 valence electrons. The Kier molecular flexibility index (Phi) is 6.57. The summed E-state index contributed by atoms with van der Waals surface area (Å²) in [6, 6.07) is 8.43. The van der Waals surface area contributed by atoms with E-state index in [2.05, 4.69) is 10.6 Å². The molecule has 0 saturated heterocycles. The Labute approximate surface area is 149 Å². The molecule has 0 bridgehead atoms. The maximum Gasteiger partial charge on any atom is 0.407 e. The van der Waals surface area contributed by atoms with E-state index < -0.39 is 17.2 Å². The van der Waals surface area contributed by atoms with E-state index in [1.54, 1.807) is 45.0 Å². The summed E-state index contributed by atoms with van der Waals surface area (Å²) < 4.78 is 5.23. The number of rotatable bonds is 5. The molecule has 1 atom stereocenters. The molecule has 2 N–H and O–H groups in total. The van der Waals surface area contributed by atoms with Crippen LogP contribution < -0.4 is 10.6 Å². The molecule has 0 aliphatic rings. The van der Waals surface area contributed by atoms with Crippen molar-refractivity contribution in [3.63, 3.8) is 0 Å². The number of carbonyl (C=O) groups is 2. The zero-order chi connectivity index (χ0) is 19.3. The van der Waals surface area contributed by atoms with Crippen molar-refractivity contribution in [1.82, 2.24) is 10.6 Å². The second-order valence-corrected chi connectivity index (χ2v) is 7.57. The van der Waals surface area contributed by atoms with Crippen LogP contribution in [0, 0.1) is 17.2 Å². The fourth-order valence-electron chi connectivity index (χ4n) is 1.99. The second kappa shape index (κ2) is 8.02. The van der Waals surface area contributed by atoms with Gasteiger partial charge in [0, 0.05) is 12.1 Å². The Morgan fingerprint density at radius 1 is 1.16 bits per heavy atom. The topological polar surface area (TPSA) is 91.2 Å². The summed E-state index contributed by atoms with van der Waals surface area (Å²) in [7, 11) is 0. The maximum absolute atomic E-state index is 12.5. The number of benzene rings is 1. The van der Waals surface area contributed by atoms with Crippen molar-refractivity contribution in [2.24, 2.45) is 5.92 Å². The van der Waals surface area contributed by atoms with Crippen LogP contribution in [0.3, 0.4) is 0 Å². The molecule has 6 nitrogen and oxygen atoms in total. The number of nitriles is 1. The SMILES string of the molecule is CC(C)C(C)(CNC(=O)OC(C)(C)C)NC(=O)c1ccc(C#N)cc1. The van der Waals surface area contributed by atoms with Crippen molar-refractivity contribution >= 4 is 12.0 Å². The molecular formula is C19H27N3O3. The number of hydrogen-bond acceptors (Lipinski definition) is 4. The van der Waals surface area contributed by atoms with E-state index in [4.69, 9.17) is 10.00 Å². The molecule has 6 heteroatoms. The largest absolute Gasteiger partial charge is 0.444 e. The van der Waals surface area contributed by atoms with E-state index >= 15 is 0 Å². The normalized spacial score (nSPS) is 13.5. The first-order valence-corrected chi connectivity index (χ1v) is 8.26. The minimum Gasteiger partial charge on any atom is -0.444 e. The fraction of sp³-hybridized carbons (Fsp3) is 0.526. The summed E-state index contributed by atoms with van der Waals surface area (Å²) in [6.07, 6.45) is -0.521. The molecule has 25 heavy (non-hydrogen) atoms. The van der Waals surface area contributed by atoms with Gasteiger partial charge in [-0.05, 0) is 57.9 Å². The summed E-state index contributed by atoms with van der Waals surface area (Å²) in [5.41, 5.74) is -0.274. The molecule has 1 aromatic carbocycles. The zero-order valence-corrected chi connectivity index (χ0v) is 15.8. The lowest BCUT2D eigenvalue weighted by Gasteiger charge is -2.35. The summed E-state index contributed by atoms with van der Waals surface area (Å²) in [4.78, 5) is 24.4. The number of amides is 2. The van der Waals surface area contributed by atoms with Crippen LogP contribution in [-0.4, -0.2) is 29.7 Å². The number of ether oxygens (including phenoxy) is 1. The number of nitrogens with one attached hydrogen (secondary N) is 2. The Hall–Kier alpha value is -2.55. The summed E-state index contributed by atoms with van der Waals surface area (Å²) in [6.45, 7) is 11.4. The summed E-state index contributed by atoms with van der Waals surface area (Å²) in [5.74, 6) is -0.184.